The summed E-state index contributed by atoms with van der Waals surface area (Å²) in [6.07, 6.45) is 6.87. The molecule has 0 heterocycles. The molecule has 0 aliphatic heterocycles. The molecular formula is C14H18ClNO. The highest BCUT2D eigenvalue weighted by molar-refractivity contribution is 6.33. The Kier molecular flexibility index (Phi) is 4.06. The summed E-state index contributed by atoms with van der Waals surface area (Å²) >= 11 is 5.95. The Balaban J connectivity index is 2.14. The van der Waals surface area contributed by atoms with Crippen LogP contribution in [0.5, 0.6) is 0 Å². The fourth-order valence-electron chi connectivity index (χ4n) is 2.46. The first kappa shape index (κ1) is 12.4. The van der Waals surface area contributed by atoms with E-state index < -0.39 is 0 Å². The van der Waals surface area contributed by atoms with Gasteiger partial charge in [-0.05, 0) is 31.0 Å². The predicted molar refractivity (Wildman–Crippen MR) is 71.4 cm³/mol. The van der Waals surface area contributed by atoms with E-state index >= 15 is 0 Å². The molecule has 0 atom stereocenters. The molecule has 0 spiro atoms. The lowest BCUT2D eigenvalue weighted by Gasteiger charge is -2.13. The third kappa shape index (κ3) is 3.01. The number of halogens is 1. The highest BCUT2D eigenvalue weighted by atomic mass is 35.5. The third-order valence-electron chi connectivity index (χ3n) is 3.51. The van der Waals surface area contributed by atoms with E-state index in [0.717, 1.165) is 12.8 Å². The van der Waals surface area contributed by atoms with Crippen LogP contribution in [0.2, 0.25) is 5.02 Å². The number of Topliss-reactive ketones (excluding diaryl/α,β-unsaturated/α-hetero) is 1. The molecular weight excluding hydrogens is 234 g/mol. The number of nitrogen functional groups attached to an aromatic ring is 1. The smallest absolute Gasteiger partial charge is 0.165 e. The summed E-state index contributed by atoms with van der Waals surface area (Å²) in [5, 5.41) is 0.476. The number of hydrogen-bond acceptors (Lipinski definition) is 2. The first-order valence-electron chi connectivity index (χ1n) is 6.27. The number of rotatable bonds is 2. The molecule has 17 heavy (non-hydrogen) atoms. The summed E-state index contributed by atoms with van der Waals surface area (Å²) in [4.78, 5) is 12.3. The minimum atomic E-state index is 0.178. The fraction of sp³-hybridized carbons (Fsp3) is 0.500. The van der Waals surface area contributed by atoms with Crippen LogP contribution in [0, 0.1) is 5.92 Å². The van der Waals surface area contributed by atoms with Crippen LogP contribution < -0.4 is 5.73 Å². The van der Waals surface area contributed by atoms with Crippen molar-refractivity contribution in [3.63, 3.8) is 0 Å². The molecule has 0 aromatic heterocycles. The maximum atomic E-state index is 12.3. The van der Waals surface area contributed by atoms with Gasteiger partial charge in [-0.3, -0.25) is 4.79 Å². The molecule has 1 aromatic rings. The second kappa shape index (κ2) is 5.54. The first-order chi connectivity index (χ1) is 8.18. The van der Waals surface area contributed by atoms with E-state index in [0.29, 0.717) is 16.3 Å². The number of ketones is 1. The highest BCUT2D eigenvalue weighted by Crippen LogP contribution is 2.28. The average Bonchev–Trinajstić information content (AvgIpc) is 2.60. The van der Waals surface area contributed by atoms with Gasteiger partial charge in [-0.1, -0.05) is 37.3 Å². The Labute approximate surface area is 107 Å². The van der Waals surface area contributed by atoms with Gasteiger partial charge in [-0.15, -0.1) is 0 Å². The molecule has 0 radical (unpaired) electrons. The second-order valence-corrected chi connectivity index (χ2v) is 5.20. The lowest BCUT2D eigenvalue weighted by atomic mass is 9.91. The third-order valence-corrected chi connectivity index (χ3v) is 3.84. The zero-order valence-electron chi connectivity index (χ0n) is 9.92. The molecule has 1 saturated carbocycles. The van der Waals surface area contributed by atoms with Gasteiger partial charge in [0.15, 0.2) is 5.78 Å². The number of hydrogen-bond donors (Lipinski definition) is 1. The lowest BCUT2D eigenvalue weighted by Crippen LogP contribution is -2.14. The van der Waals surface area contributed by atoms with Gasteiger partial charge in [-0.25, -0.2) is 0 Å². The Morgan fingerprint density at radius 2 is 1.82 bits per heavy atom. The van der Waals surface area contributed by atoms with E-state index in [-0.39, 0.29) is 11.7 Å². The Morgan fingerprint density at radius 1 is 1.18 bits per heavy atom. The van der Waals surface area contributed by atoms with Gasteiger partial charge in [-0.2, -0.15) is 0 Å². The van der Waals surface area contributed by atoms with Crippen LogP contribution >= 0.6 is 11.6 Å². The number of benzene rings is 1. The van der Waals surface area contributed by atoms with Gasteiger partial charge in [0.05, 0.1) is 10.7 Å². The van der Waals surface area contributed by atoms with Crippen molar-refractivity contribution in [3.05, 3.63) is 28.8 Å². The van der Waals surface area contributed by atoms with E-state index in [2.05, 4.69) is 0 Å². The molecule has 1 aliphatic carbocycles. The largest absolute Gasteiger partial charge is 0.398 e. The topological polar surface area (TPSA) is 43.1 Å². The van der Waals surface area contributed by atoms with Gasteiger partial charge < -0.3 is 5.73 Å². The van der Waals surface area contributed by atoms with E-state index in [1.807, 2.05) is 0 Å². The Bertz CT molecular complexity index is 409. The van der Waals surface area contributed by atoms with Crippen molar-refractivity contribution in [2.24, 2.45) is 5.92 Å². The van der Waals surface area contributed by atoms with Gasteiger partial charge in [0.2, 0.25) is 0 Å². The molecule has 0 amide bonds. The maximum Gasteiger partial charge on any atom is 0.165 e. The molecule has 1 fully saturated rings. The molecule has 2 rings (SSSR count). The van der Waals surface area contributed by atoms with Crippen LogP contribution in [0.25, 0.3) is 0 Å². The Hall–Kier alpha value is -1.02. The summed E-state index contributed by atoms with van der Waals surface area (Å²) in [5.41, 5.74) is 6.89. The molecule has 0 unspecified atom stereocenters. The van der Waals surface area contributed by atoms with Crippen LogP contribution in [0.3, 0.4) is 0 Å². The molecule has 2 nitrogen and oxygen atoms in total. The molecule has 92 valence electrons. The van der Waals surface area contributed by atoms with Crippen molar-refractivity contribution in [2.45, 2.75) is 38.5 Å². The minimum absolute atomic E-state index is 0.178. The van der Waals surface area contributed by atoms with Gasteiger partial charge >= 0.3 is 0 Å². The normalized spacial score (nSPS) is 17.7. The average molecular weight is 252 g/mol. The number of carbonyl (C=O) groups excluding carboxylic acids is 1. The number of nitrogens with two attached hydrogens (primary N) is 1. The molecule has 0 bridgehead atoms. The zero-order valence-corrected chi connectivity index (χ0v) is 10.7. The quantitative estimate of drug-likeness (QED) is 0.489. The van der Waals surface area contributed by atoms with Crippen LogP contribution in [-0.2, 0) is 0 Å². The predicted octanol–water partition coefficient (Wildman–Crippen LogP) is 4.08. The summed E-state index contributed by atoms with van der Waals surface area (Å²) in [6, 6.07) is 5.20. The zero-order chi connectivity index (χ0) is 12.3. The standard InChI is InChI=1S/C14H18ClNO/c15-12-9-11(7-8-13(12)16)14(17)10-5-3-1-2-4-6-10/h7-10H,1-6,16H2. The van der Waals surface area contributed by atoms with E-state index in [1.165, 1.54) is 25.7 Å². The summed E-state index contributed by atoms with van der Waals surface area (Å²) in [5.74, 6) is 0.408. The molecule has 1 aromatic carbocycles. The molecule has 3 heteroatoms. The molecule has 0 saturated heterocycles. The van der Waals surface area contributed by atoms with E-state index in [9.17, 15) is 4.79 Å². The van der Waals surface area contributed by atoms with Gasteiger partial charge in [0.25, 0.3) is 0 Å². The number of carbonyl (C=O) groups is 1. The van der Waals surface area contributed by atoms with Crippen molar-refractivity contribution in [3.8, 4) is 0 Å². The van der Waals surface area contributed by atoms with Crippen LogP contribution in [0.15, 0.2) is 18.2 Å². The monoisotopic (exact) mass is 251 g/mol. The number of anilines is 1. The highest BCUT2D eigenvalue weighted by Gasteiger charge is 2.21. The van der Waals surface area contributed by atoms with Crippen molar-refractivity contribution in [1.29, 1.82) is 0 Å². The fourth-order valence-corrected chi connectivity index (χ4v) is 2.64. The van der Waals surface area contributed by atoms with Crippen LogP contribution in [0.4, 0.5) is 5.69 Å². The molecule has 1 aliphatic rings. The van der Waals surface area contributed by atoms with Gasteiger partial charge in [0, 0.05) is 11.5 Å². The first-order valence-corrected chi connectivity index (χ1v) is 6.65. The van der Waals surface area contributed by atoms with Crippen LogP contribution in [0.1, 0.15) is 48.9 Å². The van der Waals surface area contributed by atoms with Crippen molar-refractivity contribution in [1.82, 2.24) is 0 Å². The Morgan fingerprint density at radius 3 is 2.41 bits per heavy atom. The SMILES string of the molecule is Nc1ccc(C(=O)C2CCCCCC2)cc1Cl. The summed E-state index contributed by atoms with van der Waals surface area (Å²) in [6.45, 7) is 0. The lowest BCUT2D eigenvalue weighted by molar-refractivity contribution is 0.0908. The summed E-state index contributed by atoms with van der Waals surface area (Å²) < 4.78 is 0. The van der Waals surface area contributed by atoms with E-state index in [4.69, 9.17) is 17.3 Å². The van der Waals surface area contributed by atoms with Gasteiger partial charge in [0.1, 0.15) is 0 Å². The van der Waals surface area contributed by atoms with Crippen molar-refractivity contribution < 1.29 is 4.79 Å². The van der Waals surface area contributed by atoms with E-state index in [1.54, 1.807) is 18.2 Å². The maximum absolute atomic E-state index is 12.3. The minimum Gasteiger partial charge on any atom is -0.398 e. The summed E-state index contributed by atoms with van der Waals surface area (Å²) in [7, 11) is 0. The molecule has 2 N–H and O–H groups in total. The van der Waals surface area contributed by atoms with Crippen molar-refractivity contribution in [2.75, 3.05) is 5.73 Å². The van der Waals surface area contributed by atoms with Crippen molar-refractivity contribution >= 4 is 23.1 Å². The van der Waals surface area contributed by atoms with Crippen LogP contribution in [-0.4, -0.2) is 5.78 Å². The second-order valence-electron chi connectivity index (χ2n) is 4.79.